The number of halogens is 1. The molecule has 6 nitrogen and oxygen atoms in total. The Labute approximate surface area is 129 Å². The number of rotatable bonds is 3. The summed E-state index contributed by atoms with van der Waals surface area (Å²) in [6.07, 6.45) is 1.56. The maximum atomic E-state index is 11.9. The smallest absolute Gasteiger partial charge is 0.328 e. The van der Waals surface area contributed by atoms with Crippen molar-refractivity contribution in [2.75, 3.05) is 13.7 Å². The average Bonchev–Trinajstić information content (AvgIpc) is 2.68. The van der Waals surface area contributed by atoms with Crippen molar-refractivity contribution in [1.29, 1.82) is 0 Å². The minimum Gasteiger partial charge on any atom is -0.504 e. The number of carbonyl (C=O) groups excluding carboxylic acids is 2. The van der Waals surface area contributed by atoms with E-state index in [-0.39, 0.29) is 17.4 Å². The number of phenolic OH excluding ortho intramolecular Hbond substituents is 1. The number of imide groups is 1. The first-order valence-corrected chi connectivity index (χ1v) is 6.96. The number of aromatic hydroxyl groups is 1. The van der Waals surface area contributed by atoms with Crippen molar-refractivity contribution in [3.8, 4) is 11.5 Å². The highest BCUT2D eigenvalue weighted by molar-refractivity contribution is 14.1. The van der Waals surface area contributed by atoms with Gasteiger partial charge in [-0.15, -0.1) is 0 Å². The normalized spacial score (nSPS) is 16.8. The molecule has 1 aromatic carbocycles. The fourth-order valence-corrected chi connectivity index (χ4v) is 2.48. The van der Waals surface area contributed by atoms with Crippen molar-refractivity contribution in [1.82, 2.24) is 10.2 Å². The van der Waals surface area contributed by atoms with Gasteiger partial charge in [0.1, 0.15) is 5.70 Å². The SMILES string of the molecule is CCN1C(=O)N/C(=C\c2cc(I)c(O)c(OC)c2)C1=O. The number of hydrogen-bond acceptors (Lipinski definition) is 4. The first-order chi connectivity index (χ1) is 9.47. The van der Waals surface area contributed by atoms with Gasteiger partial charge in [0.05, 0.1) is 10.7 Å². The Bertz CT molecular complexity index is 613. The van der Waals surface area contributed by atoms with Crippen molar-refractivity contribution in [2.24, 2.45) is 0 Å². The number of benzene rings is 1. The summed E-state index contributed by atoms with van der Waals surface area (Å²) >= 11 is 1.96. The van der Waals surface area contributed by atoms with Gasteiger partial charge in [0, 0.05) is 6.54 Å². The molecule has 3 amide bonds. The molecule has 1 aliphatic rings. The Kier molecular flexibility index (Phi) is 4.17. The molecule has 0 spiro atoms. The number of amides is 3. The molecule has 1 heterocycles. The second-order valence-electron chi connectivity index (χ2n) is 4.09. The molecule has 0 unspecified atom stereocenters. The number of ether oxygens (including phenoxy) is 1. The van der Waals surface area contributed by atoms with Crippen LogP contribution in [0, 0.1) is 3.57 Å². The number of phenols is 1. The van der Waals surface area contributed by atoms with Gasteiger partial charge in [0.15, 0.2) is 11.5 Å². The molecule has 1 aliphatic heterocycles. The lowest BCUT2D eigenvalue weighted by Gasteiger charge is -2.07. The predicted molar refractivity (Wildman–Crippen MR) is 81.3 cm³/mol. The van der Waals surface area contributed by atoms with Gasteiger partial charge < -0.3 is 15.2 Å². The van der Waals surface area contributed by atoms with Crippen molar-refractivity contribution in [2.45, 2.75) is 6.92 Å². The third-order valence-electron chi connectivity index (χ3n) is 2.86. The summed E-state index contributed by atoms with van der Waals surface area (Å²) in [6.45, 7) is 2.05. The number of carbonyl (C=O) groups is 2. The molecule has 0 aliphatic carbocycles. The molecule has 0 saturated carbocycles. The van der Waals surface area contributed by atoms with Gasteiger partial charge in [-0.25, -0.2) is 4.79 Å². The number of urea groups is 1. The Morgan fingerprint density at radius 2 is 2.15 bits per heavy atom. The number of nitrogens with zero attached hydrogens (tertiary/aromatic N) is 1. The third-order valence-corrected chi connectivity index (χ3v) is 3.68. The molecule has 0 radical (unpaired) electrons. The Morgan fingerprint density at radius 3 is 2.70 bits per heavy atom. The maximum Gasteiger partial charge on any atom is 0.328 e. The van der Waals surface area contributed by atoms with Gasteiger partial charge in [0.25, 0.3) is 5.91 Å². The summed E-state index contributed by atoms with van der Waals surface area (Å²) < 4.78 is 5.65. The molecule has 2 N–H and O–H groups in total. The zero-order chi connectivity index (χ0) is 14.9. The summed E-state index contributed by atoms with van der Waals surface area (Å²) in [7, 11) is 1.45. The van der Waals surface area contributed by atoms with E-state index in [0.717, 1.165) is 4.90 Å². The molecular formula is C13H13IN2O4. The second-order valence-corrected chi connectivity index (χ2v) is 5.25. The zero-order valence-corrected chi connectivity index (χ0v) is 13.1. The molecule has 0 aromatic heterocycles. The Balaban J connectivity index is 2.39. The van der Waals surface area contributed by atoms with E-state index in [1.54, 1.807) is 25.1 Å². The molecule has 2 rings (SSSR count). The van der Waals surface area contributed by atoms with Crippen molar-refractivity contribution in [3.63, 3.8) is 0 Å². The van der Waals surface area contributed by atoms with Crippen LogP contribution in [0.2, 0.25) is 0 Å². The van der Waals surface area contributed by atoms with Crippen LogP contribution in [0.5, 0.6) is 11.5 Å². The molecule has 7 heteroatoms. The first-order valence-electron chi connectivity index (χ1n) is 5.89. The van der Waals surface area contributed by atoms with E-state index < -0.39 is 6.03 Å². The summed E-state index contributed by atoms with van der Waals surface area (Å²) in [6, 6.07) is 2.86. The fraction of sp³-hybridized carbons (Fsp3) is 0.231. The lowest BCUT2D eigenvalue weighted by atomic mass is 10.1. The summed E-state index contributed by atoms with van der Waals surface area (Å²) in [5.74, 6) is -0.000334. The molecular weight excluding hydrogens is 375 g/mol. The predicted octanol–water partition coefficient (Wildman–Crippen LogP) is 1.92. The summed E-state index contributed by atoms with van der Waals surface area (Å²) in [4.78, 5) is 24.6. The molecule has 1 fully saturated rings. The minimum absolute atomic E-state index is 0.0484. The largest absolute Gasteiger partial charge is 0.504 e. The number of nitrogens with one attached hydrogen (secondary N) is 1. The van der Waals surface area contributed by atoms with Gasteiger partial charge in [-0.1, -0.05) is 0 Å². The molecule has 106 valence electrons. The van der Waals surface area contributed by atoms with Gasteiger partial charge in [-0.2, -0.15) is 0 Å². The van der Waals surface area contributed by atoms with Gasteiger partial charge in [-0.05, 0) is 53.3 Å². The van der Waals surface area contributed by atoms with Crippen LogP contribution in [0.1, 0.15) is 12.5 Å². The molecule has 1 aromatic rings. The van der Waals surface area contributed by atoms with Crippen LogP contribution in [0.4, 0.5) is 4.79 Å². The fourth-order valence-electron chi connectivity index (χ4n) is 1.86. The molecule has 0 bridgehead atoms. The lowest BCUT2D eigenvalue weighted by molar-refractivity contribution is -0.122. The highest BCUT2D eigenvalue weighted by Gasteiger charge is 2.32. The summed E-state index contributed by atoms with van der Waals surface area (Å²) in [5.41, 5.74) is 0.867. The standard InChI is InChI=1S/C13H13IN2O4/c1-3-16-12(18)9(15-13(16)19)5-7-4-8(14)11(17)10(6-7)20-2/h4-6,17H,3H2,1-2H3,(H,15,19)/b9-5-. The average molecular weight is 388 g/mol. The van der Waals surface area contributed by atoms with Crippen LogP contribution in [0.25, 0.3) is 6.08 Å². The van der Waals surface area contributed by atoms with Crippen molar-refractivity contribution < 1.29 is 19.4 Å². The van der Waals surface area contributed by atoms with E-state index in [2.05, 4.69) is 5.32 Å². The monoisotopic (exact) mass is 388 g/mol. The topological polar surface area (TPSA) is 78.9 Å². The first kappa shape index (κ1) is 14.6. The van der Waals surface area contributed by atoms with Crippen LogP contribution in [-0.4, -0.2) is 35.6 Å². The van der Waals surface area contributed by atoms with E-state index >= 15 is 0 Å². The van der Waals surface area contributed by atoms with E-state index in [1.807, 2.05) is 22.6 Å². The Morgan fingerprint density at radius 1 is 1.45 bits per heavy atom. The van der Waals surface area contributed by atoms with E-state index in [4.69, 9.17) is 4.74 Å². The van der Waals surface area contributed by atoms with Crippen LogP contribution in [0.3, 0.4) is 0 Å². The highest BCUT2D eigenvalue weighted by Crippen LogP contribution is 2.33. The van der Waals surface area contributed by atoms with Crippen LogP contribution >= 0.6 is 22.6 Å². The van der Waals surface area contributed by atoms with E-state index in [9.17, 15) is 14.7 Å². The van der Waals surface area contributed by atoms with Gasteiger partial charge >= 0.3 is 6.03 Å². The maximum absolute atomic E-state index is 11.9. The zero-order valence-electron chi connectivity index (χ0n) is 10.9. The number of hydrogen-bond donors (Lipinski definition) is 2. The van der Waals surface area contributed by atoms with Crippen LogP contribution in [-0.2, 0) is 4.79 Å². The van der Waals surface area contributed by atoms with E-state index in [1.165, 1.54) is 7.11 Å². The van der Waals surface area contributed by atoms with Crippen molar-refractivity contribution in [3.05, 3.63) is 27.0 Å². The summed E-state index contributed by atoms with van der Waals surface area (Å²) in [5, 5.41) is 12.3. The molecule has 1 saturated heterocycles. The number of methoxy groups -OCH3 is 1. The van der Waals surface area contributed by atoms with E-state index in [0.29, 0.717) is 21.4 Å². The highest BCUT2D eigenvalue weighted by atomic mass is 127. The van der Waals surface area contributed by atoms with Crippen molar-refractivity contribution >= 4 is 40.6 Å². The van der Waals surface area contributed by atoms with Crippen LogP contribution in [0.15, 0.2) is 17.8 Å². The third kappa shape index (κ3) is 2.58. The second kappa shape index (κ2) is 5.70. The quantitative estimate of drug-likeness (QED) is 0.471. The van der Waals surface area contributed by atoms with Crippen LogP contribution < -0.4 is 10.1 Å². The van der Waals surface area contributed by atoms with Gasteiger partial charge in [-0.3, -0.25) is 9.69 Å². The Hall–Kier alpha value is -1.77. The molecule has 0 atom stereocenters. The molecule has 20 heavy (non-hydrogen) atoms. The van der Waals surface area contributed by atoms with Gasteiger partial charge in [0.2, 0.25) is 0 Å². The number of likely N-dealkylation sites (N-methyl/N-ethyl adjacent to an activating group) is 1. The minimum atomic E-state index is -0.427. The lowest BCUT2D eigenvalue weighted by Crippen LogP contribution is -2.30.